The molecule has 1 heterocycles. The predicted octanol–water partition coefficient (Wildman–Crippen LogP) is 2.88. The summed E-state index contributed by atoms with van der Waals surface area (Å²) in [6.45, 7) is 0. The van der Waals surface area contributed by atoms with Crippen molar-refractivity contribution in [2.45, 2.75) is 31.6 Å². The maximum atomic E-state index is 12.8. The van der Waals surface area contributed by atoms with Crippen molar-refractivity contribution >= 4 is 0 Å². The van der Waals surface area contributed by atoms with E-state index < -0.39 is 0 Å². The van der Waals surface area contributed by atoms with Crippen LogP contribution in [-0.2, 0) is 0 Å². The average Bonchev–Trinajstić information content (AvgIpc) is 2.56. The summed E-state index contributed by atoms with van der Waals surface area (Å²) in [7, 11) is 0. The number of rotatable bonds is 1. The summed E-state index contributed by atoms with van der Waals surface area (Å²) in [4.78, 5) is 3.85. The quantitative estimate of drug-likeness (QED) is 0.623. The summed E-state index contributed by atoms with van der Waals surface area (Å²) in [5, 5.41) is 0. The summed E-state index contributed by atoms with van der Waals surface area (Å²) in [6, 6.07) is 1.61. The molecule has 0 amide bonds. The Bertz CT molecular complexity index is 266. The van der Waals surface area contributed by atoms with E-state index in [1.54, 1.807) is 12.3 Å². The van der Waals surface area contributed by atoms with Crippen molar-refractivity contribution < 1.29 is 4.39 Å². The molecule has 0 saturated heterocycles. The first kappa shape index (κ1) is 7.71. The Kier molecular flexibility index (Phi) is 2.07. The summed E-state index contributed by atoms with van der Waals surface area (Å²) >= 11 is 0. The molecule has 1 aliphatic rings. The number of aromatic nitrogens is 1. The van der Waals surface area contributed by atoms with Gasteiger partial charge in [0.15, 0.2) is 0 Å². The molecule has 1 aliphatic carbocycles. The van der Waals surface area contributed by atoms with Crippen molar-refractivity contribution in [3.63, 3.8) is 0 Å². The molecule has 1 saturated carbocycles. The minimum absolute atomic E-state index is 0.209. The third-order valence-electron chi connectivity index (χ3n) is 2.55. The molecule has 1 fully saturated rings. The van der Waals surface area contributed by atoms with Crippen molar-refractivity contribution in [3.8, 4) is 0 Å². The topological polar surface area (TPSA) is 12.9 Å². The van der Waals surface area contributed by atoms with Gasteiger partial charge in [-0.2, -0.15) is 0 Å². The minimum Gasteiger partial charge on any atom is -0.261 e. The van der Waals surface area contributed by atoms with Gasteiger partial charge in [0, 0.05) is 6.20 Å². The van der Waals surface area contributed by atoms with Gasteiger partial charge in [0.1, 0.15) is 5.82 Å². The first-order valence-electron chi connectivity index (χ1n) is 4.47. The average molecular weight is 165 g/mol. The van der Waals surface area contributed by atoms with Crippen LogP contribution in [0.3, 0.4) is 0 Å². The van der Waals surface area contributed by atoms with Gasteiger partial charge < -0.3 is 0 Å². The smallest absolute Gasteiger partial charge is 0.141 e. The zero-order chi connectivity index (χ0) is 8.39. The summed E-state index contributed by atoms with van der Waals surface area (Å²) in [5.41, 5.74) is 1.08. The van der Waals surface area contributed by atoms with Crippen molar-refractivity contribution in [2.24, 2.45) is 0 Å². The zero-order valence-corrected chi connectivity index (χ0v) is 6.96. The Balaban J connectivity index is 2.21. The van der Waals surface area contributed by atoms with E-state index in [0.29, 0.717) is 5.92 Å². The molecule has 0 unspecified atom stereocenters. The van der Waals surface area contributed by atoms with Crippen LogP contribution in [0.15, 0.2) is 18.5 Å². The molecule has 0 aromatic carbocycles. The van der Waals surface area contributed by atoms with E-state index >= 15 is 0 Å². The summed E-state index contributed by atoms with van der Waals surface area (Å²) < 4.78 is 12.8. The Morgan fingerprint density at radius 3 is 2.67 bits per heavy atom. The van der Waals surface area contributed by atoms with Gasteiger partial charge in [0.2, 0.25) is 0 Å². The Labute approximate surface area is 71.6 Å². The molecule has 12 heavy (non-hydrogen) atoms. The Hall–Kier alpha value is -0.920. The fourth-order valence-corrected chi connectivity index (χ4v) is 1.91. The molecule has 1 aromatic heterocycles. The highest BCUT2D eigenvalue weighted by Crippen LogP contribution is 2.33. The van der Waals surface area contributed by atoms with Crippen molar-refractivity contribution in [3.05, 3.63) is 29.8 Å². The van der Waals surface area contributed by atoms with Crippen LogP contribution in [0, 0.1) is 5.82 Å². The van der Waals surface area contributed by atoms with Crippen LogP contribution in [0.5, 0.6) is 0 Å². The molecule has 64 valence electrons. The van der Waals surface area contributed by atoms with E-state index in [4.69, 9.17) is 0 Å². The molecule has 1 aromatic rings. The lowest BCUT2D eigenvalue weighted by Gasteiger charge is -2.07. The molecule has 0 atom stereocenters. The van der Waals surface area contributed by atoms with Gasteiger partial charge in [0.25, 0.3) is 0 Å². The van der Waals surface area contributed by atoms with Crippen LogP contribution in [0.1, 0.15) is 37.2 Å². The fraction of sp³-hybridized carbons (Fsp3) is 0.500. The van der Waals surface area contributed by atoms with Gasteiger partial charge in [-0.05, 0) is 30.4 Å². The number of hydrogen-bond acceptors (Lipinski definition) is 1. The van der Waals surface area contributed by atoms with Crippen LogP contribution in [0.2, 0.25) is 0 Å². The van der Waals surface area contributed by atoms with E-state index in [9.17, 15) is 4.39 Å². The second kappa shape index (κ2) is 3.21. The minimum atomic E-state index is -0.209. The highest BCUT2D eigenvalue weighted by Gasteiger charge is 2.17. The molecule has 0 spiro atoms. The van der Waals surface area contributed by atoms with Gasteiger partial charge in [-0.25, -0.2) is 4.39 Å². The molecular formula is C10H12FN. The van der Waals surface area contributed by atoms with E-state index in [2.05, 4.69) is 4.98 Å². The Morgan fingerprint density at radius 2 is 2.00 bits per heavy atom. The SMILES string of the molecule is Fc1cncc(C2CCCC2)c1. The van der Waals surface area contributed by atoms with Gasteiger partial charge in [-0.3, -0.25) is 4.98 Å². The summed E-state index contributed by atoms with van der Waals surface area (Å²) in [5.74, 6) is 0.354. The molecule has 0 bridgehead atoms. The second-order valence-corrected chi connectivity index (χ2v) is 3.42. The van der Waals surface area contributed by atoms with E-state index in [1.807, 2.05) is 0 Å². The molecular weight excluding hydrogens is 153 g/mol. The fourth-order valence-electron chi connectivity index (χ4n) is 1.91. The molecule has 2 heteroatoms. The molecule has 2 rings (SSSR count). The first-order valence-corrected chi connectivity index (χ1v) is 4.47. The van der Waals surface area contributed by atoms with Gasteiger partial charge in [0.05, 0.1) is 6.20 Å². The van der Waals surface area contributed by atoms with Crippen LogP contribution in [-0.4, -0.2) is 4.98 Å². The van der Waals surface area contributed by atoms with E-state index in [-0.39, 0.29) is 5.82 Å². The van der Waals surface area contributed by atoms with E-state index in [0.717, 1.165) is 5.56 Å². The Morgan fingerprint density at radius 1 is 1.25 bits per heavy atom. The number of halogens is 1. The maximum absolute atomic E-state index is 12.8. The highest BCUT2D eigenvalue weighted by atomic mass is 19.1. The van der Waals surface area contributed by atoms with Crippen LogP contribution in [0.4, 0.5) is 4.39 Å². The predicted molar refractivity (Wildman–Crippen MR) is 45.4 cm³/mol. The lowest BCUT2D eigenvalue weighted by Crippen LogP contribution is -1.93. The van der Waals surface area contributed by atoms with E-state index in [1.165, 1.54) is 31.9 Å². The number of pyridine rings is 1. The number of nitrogens with zero attached hydrogens (tertiary/aromatic N) is 1. The van der Waals surface area contributed by atoms with Crippen molar-refractivity contribution in [1.82, 2.24) is 4.98 Å². The van der Waals surface area contributed by atoms with Crippen LogP contribution < -0.4 is 0 Å². The lowest BCUT2D eigenvalue weighted by molar-refractivity contribution is 0.610. The molecule has 0 aliphatic heterocycles. The third kappa shape index (κ3) is 1.47. The zero-order valence-electron chi connectivity index (χ0n) is 6.96. The standard InChI is InChI=1S/C10H12FN/c11-10-5-9(6-12-7-10)8-3-1-2-4-8/h5-8H,1-4H2. The normalized spacial score (nSPS) is 18.4. The second-order valence-electron chi connectivity index (χ2n) is 3.42. The van der Waals surface area contributed by atoms with Crippen molar-refractivity contribution in [2.75, 3.05) is 0 Å². The van der Waals surface area contributed by atoms with Crippen LogP contribution in [0.25, 0.3) is 0 Å². The summed E-state index contributed by atoms with van der Waals surface area (Å²) in [6.07, 6.45) is 8.01. The molecule has 0 radical (unpaired) electrons. The lowest BCUT2D eigenvalue weighted by atomic mass is 10.00. The highest BCUT2D eigenvalue weighted by molar-refractivity contribution is 5.16. The van der Waals surface area contributed by atoms with Gasteiger partial charge >= 0.3 is 0 Å². The van der Waals surface area contributed by atoms with Crippen LogP contribution >= 0.6 is 0 Å². The molecule has 0 N–H and O–H groups in total. The number of hydrogen-bond donors (Lipinski definition) is 0. The monoisotopic (exact) mass is 165 g/mol. The third-order valence-corrected chi connectivity index (χ3v) is 2.55. The van der Waals surface area contributed by atoms with Gasteiger partial charge in [-0.15, -0.1) is 0 Å². The van der Waals surface area contributed by atoms with Crippen molar-refractivity contribution in [1.29, 1.82) is 0 Å². The molecule has 1 nitrogen and oxygen atoms in total. The largest absolute Gasteiger partial charge is 0.261 e. The maximum Gasteiger partial charge on any atom is 0.141 e. The van der Waals surface area contributed by atoms with Gasteiger partial charge in [-0.1, -0.05) is 12.8 Å². The first-order chi connectivity index (χ1) is 5.86.